The fourth-order valence-electron chi connectivity index (χ4n) is 2.62. The number of thioether (sulfide) groups is 1. The highest BCUT2D eigenvalue weighted by molar-refractivity contribution is 7.99. The summed E-state index contributed by atoms with van der Waals surface area (Å²) in [5.41, 5.74) is 0.404. The van der Waals surface area contributed by atoms with Crippen molar-refractivity contribution in [3.63, 3.8) is 0 Å². The van der Waals surface area contributed by atoms with E-state index in [2.05, 4.69) is 35.8 Å². The Morgan fingerprint density at radius 1 is 1.57 bits per heavy atom. The second kappa shape index (κ2) is 4.42. The molecule has 0 spiro atoms. The molecule has 2 fully saturated rings. The van der Waals surface area contributed by atoms with Crippen molar-refractivity contribution < 1.29 is 0 Å². The van der Waals surface area contributed by atoms with Gasteiger partial charge in [-0.05, 0) is 26.3 Å². The Morgan fingerprint density at radius 3 is 3.07 bits per heavy atom. The van der Waals surface area contributed by atoms with Gasteiger partial charge in [0.15, 0.2) is 0 Å². The van der Waals surface area contributed by atoms with Gasteiger partial charge in [-0.15, -0.1) is 0 Å². The van der Waals surface area contributed by atoms with Crippen molar-refractivity contribution in [2.75, 3.05) is 31.9 Å². The average molecular weight is 214 g/mol. The van der Waals surface area contributed by atoms with Crippen molar-refractivity contribution in [2.45, 2.75) is 37.5 Å². The summed E-state index contributed by atoms with van der Waals surface area (Å²) in [6.07, 6.45) is 2.71. The topological polar surface area (TPSA) is 15.3 Å². The molecule has 2 aliphatic heterocycles. The molecule has 82 valence electrons. The Bertz CT molecular complexity index is 190. The molecular weight excluding hydrogens is 192 g/mol. The minimum absolute atomic E-state index is 0.404. The van der Waals surface area contributed by atoms with Gasteiger partial charge < -0.3 is 5.32 Å². The van der Waals surface area contributed by atoms with Gasteiger partial charge in [0.1, 0.15) is 0 Å². The third kappa shape index (κ3) is 2.65. The molecule has 0 saturated carbocycles. The second-order valence-electron chi connectivity index (χ2n) is 5.01. The zero-order valence-corrected chi connectivity index (χ0v) is 10.2. The average Bonchev–Trinajstić information content (AvgIpc) is 2.51. The smallest absolute Gasteiger partial charge is 0.0280 e. The zero-order valence-electron chi connectivity index (χ0n) is 9.38. The lowest BCUT2D eigenvalue weighted by atomic mass is 9.99. The van der Waals surface area contributed by atoms with E-state index in [0.717, 1.165) is 5.25 Å². The Hall–Kier alpha value is 0.270. The van der Waals surface area contributed by atoms with Crippen LogP contribution in [0.15, 0.2) is 0 Å². The van der Waals surface area contributed by atoms with Crippen LogP contribution in [0.25, 0.3) is 0 Å². The van der Waals surface area contributed by atoms with Gasteiger partial charge in [-0.2, -0.15) is 11.8 Å². The van der Waals surface area contributed by atoms with Crippen molar-refractivity contribution in [3.8, 4) is 0 Å². The molecule has 0 bridgehead atoms. The monoisotopic (exact) mass is 214 g/mol. The highest BCUT2D eigenvalue weighted by atomic mass is 32.2. The minimum atomic E-state index is 0.404. The lowest BCUT2D eigenvalue weighted by Gasteiger charge is -2.36. The lowest BCUT2D eigenvalue weighted by Crippen LogP contribution is -2.50. The second-order valence-corrected chi connectivity index (χ2v) is 6.55. The number of nitrogens with one attached hydrogen (secondary N) is 1. The van der Waals surface area contributed by atoms with Gasteiger partial charge in [-0.3, -0.25) is 4.90 Å². The molecule has 2 nitrogen and oxygen atoms in total. The van der Waals surface area contributed by atoms with Gasteiger partial charge in [0.2, 0.25) is 0 Å². The van der Waals surface area contributed by atoms with Crippen LogP contribution in [0.2, 0.25) is 0 Å². The summed E-state index contributed by atoms with van der Waals surface area (Å²) >= 11 is 2.12. The van der Waals surface area contributed by atoms with Crippen LogP contribution in [-0.2, 0) is 0 Å². The summed E-state index contributed by atoms with van der Waals surface area (Å²) in [6.45, 7) is 9.76. The molecule has 0 aromatic heterocycles. The van der Waals surface area contributed by atoms with E-state index in [1.54, 1.807) is 0 Å². The summed E-state index contributed by atoms with van der Waals surface area (Å²) < 4.78 is 0. The molecule has 0 aromatic rings. The lowest BCUT2D eigenvalue weighted by molar-refractivity contribution is 0.211. The third-order valence-corrected chi connectivity index (χ3v) is 4.49. The van der Waals surface area contributed by atoms with E-state index in [1.807, 2.05) is 0 Å². The van der Waals surface area contributed by atoms with Crippen LogP contribution < -0.4 is 5.32 Å². The zero-order chi connectivity index (χ0) is 10.0. The standard InChI is InChI=1S/C11H22N2S/c1-10-8-13(6-7-14-10)9-11(2)4-3-5-12-11/h10,12H,3-9H2,1-2H3. The number of nitrogens with zero attached hydrogens (tertiary/aromatic N) is 1. The number of hydrogen-bond donors (Lipinski definition) is 1. The first-order chi connectivity index (χ1) is 6.68. The maximum atomic E-state index is 3.65. The Morgan fingerprint density at radius 2 is 2.43 bits per heavy atom. The molecule has 14 heavy (non-hydrogen) atoms. The van der Waals surface area contributed by atoms with Crippen LogP contribution in [0.4, 0.5) is 0 Å². The molecule has 0 aliphatic carbocycles. The highest BCUT2D eigenvalue weighted by Crippen LogP contribution is 2.23. The fourth-order valence-corrected chi connectivity index (χ4v) is 3.70. The Kier molecular flexibility index (Phi) is 3.40. The van der Waals surface area contributed by atoms with Gasteiger partial charge in [-0.25, -0.2) is 0 Å². The van der Waals surface area contributed by atoms with Gasteiger partial charge in [-0.1, -0.05) is 6.92 Å². The molecule has 2 unspecified atom stereocenters. The molecular formula is C11H22N2S. The first kappa shape index (κ1) is 10.8. The number of rotatable bonds is 2. The molecule has 2 heterocycles. The van der Waals surface area contributed by atoms with E-state index in [1.165, 1.54) is 44.8 Å². The fraction of sp³-hybridized carbons (Fsp3) is 1.00. The summed E-state index contributed by atoms with van der Waals surface area (Å²) in [4.78, 5) is 2.64. The van der Waals surface area contributed by atoms with Crippen molar-refractivity contribution in [1.29, 1.82) is 0 Å². The van der Waals surface area contributed by atoms with Crippen LogP contribution in [0.5, 0.6) is 0 Å². The van der Waals surface area contributed by atoms with Crippen molar-refractivity contribution in [1.82, 2.24) is 10.2 Å². The van der Waals surface area contributed by atoms with E-state index in [4.69, 9.17) is 0 Å². The predicted molar refractivity (Wildman–Crippen MR) is 64.0 cm³/mol. The summed E-state index contributed by atoms with van der Waals surface area (Å²) in [5.74, 6) is 1.32. The largest absolute Gasteiger partial charge is 0.310 e. The molecule has 0 aromatic carbocycles. The summed E-state index contributed by atoms with van der Waals surface area (Å²) in [7, 11) is 0. The predicted octanol–water partition coefficient (Wildman–Crippen LogP) is 1.57. The van der Waals surface area contributed by atoms with Crippen LogP contribution in [-0.4, -0.2) is 47.6 Å². The van der Waals surface area contributed by atoms with Gasteiger partial charge in [0, 0.05) is 36.2 Å². The molecule has 2 atom stereocenters. The molecule has 0 radical (unpaired) electrons. The summed E-state index contributed by atoms with van der Waals surface area (Å²) in [5, 5.41) is 4.47. The van der Waals surface area contributed by atoms with Crippen LogP contribution in [0.1, 0.15) is 26.7 Å². The number of hydrogen-bond acceptors (Lipinski definition) is 3. The van der Waals surface area contributed by atoms with E-state index in [0.29, 0.717) is 5.54 Å². The third-order valence-electron chi connectivity index (χ3n) is 3.35. The molecule has 2 aliphatic rings. The quantitative estimate of drug-likeness (QED) is 0.751. The van der Waals surface area contributed by atoms with E-state index < -0.39 is 0 Å². The van der Waals surface area contributed by atoms with Gasteiger partial charge in [0.05, 0.1) is 0 Å². The van der Waals surface area contributed by atoms with E-state index in [-0.39, 0.29) is 0 Å². The van der Waals surface area contributed by atoms with Crippen LogP contribution in [0.3, 0.4) is 0 Å². The molecule has 0 amide bonds. The molecule has 2 rings (SSSR count). The molecule has 1 N–H and O–H groups in total. The summed E-state index contributed by atoms with van der Waals surface area (Å²) in [6, 6.07) is 0. The minimum Gasteiger partial charge on any atom is -0.310 e. The normalized spacial score (nSPS) is 40.3. The van der Waals surface area contributed by atoms with Gasteiger partial charge >= 0.3 is 0 Å². The molecule has 2 saturated heterocycles. The van der Waals surface area contributed by atoms with Crippen LogP contribution in [0, 0.1) is 0 Å². The van der Waals surface area contributed by atoms with E-state index in [9.17, 15) is 0 Å². The van der Waals surface area contributed by atoms with Crippen molar-refractivity contribution in [2.24, 2.45) is 0 Å². The Labute approximate surface area is 91.8 Å². The highest BCUT2D eigenvalue weighted by Gasteiger charge is 2.31. The first-order valence-electron chi connectivity index (χ1n) is 5.77. The first-order valence-corrected chi connectivity index (χ1v) is 6.82. The maximum Gasteiger partial charge on any atom is 0.0280 e. The van der Waals surface area contributed by atoms with E-state index >= 15 is 0 Å². The SMILES string of the molecule is CC1CN(CC2(C)CCCN2)CCS1. The van der Waals surface area contributed by atoms with Gasteiger partial charge in [0.25, 0.3) is 0 Å². The van der Waals surface area contributed by atoms with Crippen molar-refractivity contribution >= 4 is 11.8 Å². The van der Waals surface area contributed by atoms with Crippen molar-refractivity contribution in [3.05, 3.63) is 0 Å². The Balaban J connectivity index is 1.83. The van der Waals surface area contributed by atoms with Crippen LogP contribution >= 0.6 is 11.8 Å². The molecule has 3 heteroatoms. The maximum absolute atomic E-state index is 3.65.